The number of carboxylic acids is 1. The molecule has 1 aliphatic rings. The number of hydrogen-bond acceptors (Lipinski definition) is 4. The molecule has 18 heavy (non-hydrogen) atoms. The van der Waals surface area contributed by atoms with Gasteiger partial charge in [-0.15, -0.1) is 11.3 Å². The zero-order chi connectivity index (χ0) is 13.3. The minimum atomic E-state index is -0.903. The first-order valence-corrected chi connectivity index (χ1v) is 6.64. The number of carbonyl (C=O) groups is 2. The molecular formula is C12H16N2O3S. The average molecular weight is 268 g/mol. The SMILES string of the molecule is CC1(C)C(=O)NCCN1Cc1ccsc1C(=O)O. The van der Waals surface area contributed by atoms with Crippen molar-refractivity contribution < 1.29 is 14.7 Å². The number of nitrogens with zero attached hydrogens (tertiary/aromatic N) is 1. The Labute approximate surface area is 109 Å². The number of carboxylic acid groups (broad SMARTS) is 1. The van der Waals surface area contributed by atoms with E-state index in [4.69, 9.17) is 5.11 Å². The summed E-state index contributed by atoms with van der Waals surface area (Å²) in [7, 11) is 0. The molecule has 1 saturated heterocycles. The third-order valence-corrected chi connectivity index (χ3v) is 4.26. The van der Waals surface area contributed by atoms with Crippen molar-refractivity contribution in [2.45, 2.75) is 25.9 Å². The molecule has 1 aliphatic heterocycles. The Morgan fingerprint density at radius 3 is 3.00 bits per heavy atom. The van der Waals surface area contributed by atoms with Gasteiger partial charge in [0.05, 0.1) is 5.54 Å². The third kappa shape index (κ3) is 2.26. The van der Waals surface area contributed by atoms with Crippen molar-refractivity contribution in [2.75, 3.05) is 13.1 Å². The highest BCUT2D eigenvalue weighted by Gasteiger charge is 2.37. The summed E-state index contributed by atoms with van der Waals surface area (Å²) in [6.45, 7) is 5.54. The molecule has 1 amide bonds. The van der Waals surface area contributed by atoms with Crippen molar-refractivity contribution in [3.05, 3.63) is 21.9 Å². The molecule has 0 spiro atoms. The lowest BCUT2D eigenvalue weighted by Crippen LogP contribution is -2.61. The zero-order valence-electron chi connectivity index (χ0n) is 10.4. The van der Waals surface area contributed by atoms with Crippen molar-refractivity contribution in [1.29, 1.82) is 0 Å². The highest BCUT2D eigenvalue weighted by molar-refractivity contribution is 7.12. The molecule has 0 aliphatic carbocycles. The molecule has 2 N–H and O–H groups in total. The Morgan fingerprint density at radius 2 is 2.33 bits per heavy atom. The van der Waals surface area contributed by atoms with Crippen LogP contribution in [0.3, 0.4) is 0 Å². The molecule has 1 aromatic rings. The van der Waals surface area contributed by atoms with Crippen molar-refractivity contribution in [2.24, 2.45) is 0 Å². The molecule has 0 unspecified atom stereocenters. The lowest BCUT2D eigenvalue weighted by molar-refractivity contribution is -0.135. The molecular weight excluding hydrogens is 252 g/mol. The van der Waals surface area contributed by atoms with E-state index in [1.165, 1.54) is 11.3 Å². The van der Waals surface area contributed by atoms with Gasteiger partial charge in [0.25, 0.3) is 0 Å². The predicted octanol–water partition coefficient (Wildman–Crippen LogP) is 1.16. The van der Waals surface area contributed by atoms with Crippen LogP contribution in [0.4, 0.5) is 0 Å². The van der Waals surface area contributed by atoms with Gasteiger partial charge >= 0.3 is 5.97 Å². The average Bonchev–Trinajstić information content (AvgIpc) is 2.73. The van der Waals surface area contributed by atoms with E-state index in [-0.39, 0.29) is 5.91 Å². The van der Waals surface area contributed by atoms with Crippen LogP contribution in [0.5, 0.6) is 0 Å². The van der Waals surface area contributed by atoms with E-state index in [0.29, 0.717) is 18.0 Å². The number of piperazine rings is 1. The lowest BCUT2D eigenvalue weighted by Gasteiger charge is -2.41. The van der Waals surface area contributed by atoms with Gasteiger partial charge in [-0.05, 0) is 30.9 Å². The summed E-state index contributed by atoms with van der Waals surface area (Å²) in [5.41, 5.74) is 0.172. The highest BCUT2D eigenvalue weighted by Crippen LogP contribution is 2.24. The van der Waals surface area contributed by atoms with Gasteiger partial charge in [0.2, 0.25) is 5.91 Å². The Balaban J connectivity index is 2.20. The standard InChI is InChI=1S/C12H16N2O3S/c1-12(2)11(17)13-4-5-14(12)7-8-3-6-18-9(8)10(15)16/h3,6H,4-5,7H2,1-2H3,(H,13,17)(H,15,16). The van der Waals surface area contributed by atoms with E-state index in [1.807, 2.05) is 24.8 Å². The number of hydrogen-bond donors (Lipinski definition) is 2. The number of carbonyl (C=O) groups excluding carboxylic acids is 1. The second-order valence-electron chi connectivity index (χ2n) is 4.82. The molecule has 1 fully saturated rings. The van der Waals surface area contributed by atoms with Crippen LogP contribution >= 0.6 is 11.3 Å². The maximum Gasteiger partial charge on any atom is 0.346 e. The Bertz CT molecular complexity index is 481. The summed E-state index contributed by atoms with van der Waals surface area (Å²) >= 11 is 1.22. The molecule has 2 rings (SSSR count). The van der Waals surface area contributed by atoms with Crippen molar-refractivity contribution in [3.8, 4) is 0 Å². The molecule has 2 heterocycles. The molecule has 0 bridgehead atoms. The van der Waals surface area contributed by atoms with E-state index >= 15 is 0 Å². The molecule has 1 aromatic heterocycles. The monoisotopic (exact) mass is 268 g/mol. The van der Waals surface area contributed by atoms with Crippen molar-refractivity contribution in [3.63, 3.8) is 0 Å². The minimum absolute atomic E-state index is 0.0131. The van der Waals surface area contributed by atoms with Gasteiger partial charge in [-0.1, -0.05) is 0 Å². The summed E-state index contributed by atoms with van der Waals surface area (Å²) in [6, 6.07) is 1.82. The number of rotatable bonds is 3. The van der Waals surface area contributed by atoms with Gasteiger partial charge in [0, 0.05) is 19.6 Å². The first-order chi connectivity index (χ1) is 8.43. The Hall–Kier alpha value is -1.40. The minimum Gasteiger partial charge on any atom is -0.477 e. The van der Waals surface area contributed by atoms with Gasteiger partial charge < -0.3 is 10.4 Å². The van der Waals surface area contributed by atoms with Crippen molar-refractivity contribution >= 4 is 23.2 Å². The molecule has 98 valence electrons. The van der Waals surface area contributed by atoms with Crippen LogP contribution in [0.15, 0.2) is 11.4 Å². The van der Waals surface area contributed by atoms with Gasteiger partial charge in [0.15, 0.2) is 0 Å². The molecule has 0 atom stereocenters. The van der Waals surface area contributed by atoms with Crippen LogP contribution < -0.4 is 5.32 Å². The number of amides is 1. The zero-order valence-corrected chi connectivity index (χ0v) is 11.2. The molecule has 6 heteroatoms. The van der Waals surface area contributed by atoms with Crippen LogP contribution in [0.25, 0.3) is 0 Å². The van der Waals surface area contributed by atoms with Gasteiger partial charge in [-0.25, -0.2) is 4.79 Å². The molecule has 5 nitrogen and oxygen atoms in total. The third-order valence-electron chi connectivity index (χ3n) is 3.32. The summed E-state index contributed by atoms with van der Waals surface area (Å²) in [5.74, 6) is -0.917. The lowest BCUT2D eigenvalue weighted by atomic mass is 9.98. The van der Waals surface area contributed by atoms with Crippen LogP contribution in [0, 0.1) is 0 Å². The fourth-order valence-electron chi connectivity index (χ4n) is 2.07. The Kier molecular flexibility index (Phi) is 3.41. The van der Waals surface area contributed by atoms with Crippen LogP contribution in [0.1, 0.15) is 29.1 Å². The Morgan fingerprint density at radius 1 is 1.61 bits per heavy atom. The second-order valence-corrected chi connectivity index (χ2v) is 5.73. The normalized spacial score (nSPS) is 19.6. The maximum absolute atomic E-state index is 11.8. The van der Waals surface area contributed by atoms with Crippen molar-refractivity contribution in [1.82, 2.24) is 10.2 Å². The molecule has 0 saturated carbocycles. The number of aromatic carboxylic acids is 1. The summed E-state index contributed by atoms with van der Waals surface area (Å²) in [5, 5.41) is 13.7. The van der Waals surface area contributed by atoms with Gasteiger partial charge in [-0.3, -0.25) is 9.69 Å². The second kappa shape index (κ2) is 4.70. The van der Waals surface area contributed by atoms with E-state index < -0.39 is 11.5 Å². The quantitative estimate of drug-likeness (QED) is 0.863. The predicted molar refractivity (Wildman–Crippen MR) is 68.8 cm³/mol. The van der Waals surface area contributed by atoms with E-state index in [1.54, 1.807) is 5.38 Å². The molecule has 0 aromatic carbocycles. The van der Waals surface area contributed by atoms with Gasteiger partial charge in [0.1, 0.15) is 4.88 Å². The first-order valence-electron chi connectivity index (χ1n) is 5.76. The first kappa shape index (κ1) is 13.0. The summed E-state index contributed by atoms with van der Waals surface area (Å²) < 4.78 is 0. The molecule has 0 radical (unpaired) electrons. The fraction of sp³-hybridized carbons (Fsp3) is 0.500. The summed E-state index contributed by atoms with van der Waals surface area (Å²) in [4.78, 5) is 25.2. The smallest absolute Gasteiger partial charge is 0.346 e. The number of thiophene rings is 1. The van der Waals surface area contributed by atoms with Crippen LogP contribution in [0.2, 0.25) is 0 Å². The summed E-state index contributed by atoms with van der Waals surface area (Å²) in [6.07, 6.45) is 0. The fourth-order valence-corrected chi connectivity index (χ4v) is 2.83. The van der Waals surface area contributed by atoms with Crippen LogP contribution in [-0.4, -0.2) is 40.5 Å². The van der Waals surface area contributed by atoms with E-state index in [9.17, 15) is 9.59 Å². The van der Waals surface area contributed by atoms with Gasteiger partial charge in [-0.2, -0.15) is 0 Å². The van der Waals surface area contributed by atoms with Crippen LogP contribution in [-0.2, 0) is 11.3 Å². The maximum atomic E-state index is 11.8. The highest BCUT2D eigenvalue weighted by atomic mass is 32.1. The largest absolute Gasteiger partial charge is 0.477 e. The van der Waals surface area contributed by atoms with E-state index in [2.05, 4.69) is 5.32 Å². The topological polar surface area (TPSA) is 69.6 Å². The van der Waals surface area contributed by atoms with E-state index in [0.717, 1.165) is 12.1 Å². The number of nitrogens with one attached hydrogen (secondary N) is 1.